The van der Waals surface area contributed by atoms with Gasteiger partial charge in [-0.25, -0.2) is 9.97 Å². The predicted molar refractivity (Wildman–Crippen MR) is 60.5 cm³/mol. The minimum Gasteiger partial charge on any atom is -0.350 e. The molecule has 0 spiro atoms. The zero-order chi connectivity index (χ0) is 11.2. The van der Waals surface area contributed by atoms with Crippen molar-refractivity contribution in [3.05, 3.63) is 53.9 Å². The standard InChI is InChI=1S/C12H10N4/c13-8-10-2-4-11(5-3-10)9-16-12-14-6-1-7-15-12/h1-7H,9H2,(H,14,15,16). The van der Waals surface area contributed by atoms with Crippen LogP contribution in [0.25, 0.3) is 0 Å². The summed E-state index contributed by atoms with van der Waals surface area (Å²) in [4.78, 5) is 8.11. The molecule has 0 fully saturated rings. The number of benzene rings is 1. The molecular formula is C12H10N4. The van der Waals surface area contributed by atoms with Crippen molar-refractivity contribution in [1.82, 2.24) is 9.97 Å². The van der Waals surface area contributed by atoms with Crippen LogP contribution in [0.1, 0.15) is 11.1 Å². The number of hydrogen-bond acceptors (Lipinski definition) is 4. The lowest BCUT2D eigenvalue weighted by Gasteiger charge is -2.03. The molecule has 4 heteroatoms. The van der Waals surface area contributed by atoms with Crippen LogP contribution in [0.15, 0.2) is 42.7 Å². The smallest absolute Gasteiger partial charge is 0.222 e. The summed E-state index contributed by atoms with van der Waals surface area (Å²) >= 11 is 0. The van der Waals surface area contributed by atoms with Gasteiger partial charge in [0.1, 0.15) is 0 Å². The van der Waals surface area contributed by atoms with Crippen molar-refractivity contribution >= 4 is 5.95 Å². The van der Waals surface area contributed by atoms with Crippen LogP contribution in [0.4, 0.5) is 5.95 Å². The van der Waals surface area contributed by atoms with E-state index in [-0.39, 0.29) is 0 Å². The zero-order valence-electron chi connectivity index (χ0n) is 8.59. The number of rotatable bonds is 3. The quantitative estimate of drug-likeness (QED) is 0.841. The Morgan fingerprint density at radius 1 is 1.12 bits per heavy atom. The number of nitriles is 1. The Hall–Kier alpha value is -2.41. The molecule has 0 amide bonds. The summed E-state index contributed by atoms with van der Waals surface area (Å²) in [5, 5.41) is 11.7. The second-order valence-corrected chi connectivity index (χ2v) is 3.23. The summed E-state index contributed by atoms with van der Waals surface area (Å²) < 4.78 is 0. The van der Waals surface area contributed by atoms with Gasteiger partial charge in [0.15, 0.2) is 0 Å². The van der Waals surface area contributed by atoms with Gasteiger partial charge in [-0.1, -0.05) is 12.1 Å². The largest absolute Gasteiger partial charge is 0.350 e. The van der Waals surface area contributed by atoms with E-state index in [1.54, 1.807) is 30.6 Å². The molecule has 2 aromatic rings. The van der Waals surface area contributed by atoms with Gasteiger partial charge in [-0.2, -0.15) is 5.26 Å². The summed E-state index contributed by atoms with van der Waals surface area (Å²) in [6, 6.07) is 11.3. The van der Waals surface area contributed by atoms with Crippen LogP contribution in [-0.4, -0.2) is 9.97 Å². The average Bonchev–Trinajstić information content (AvgIpc) is 2.38. The van der Waals surface area contributed by atoms with Gasteiger partial charge in [-0.15, -0.1) is 0 Å². The van der Waals surface area contributed by atoms with Crippen molar-refractivity contribution in [1.29, 1.82) is 5.26 Å². The molecule has 0 aliphatic heterocycles. The highest BCUT2D eigenvalue weighted by Crippen LogP contribution is 2.05. The number of aromatic nitrogens is 2. The Morgan fingerprint density at radius 3 is 2.44 bits per heavy atom. The maximum absolute atomic E-state index is 8.65. The molecule has 78 valence electrons. The van der Waals surface area contributed by atoms with Crippen molar-refractivity contribution in [2.75, 3.05) is 5.32 Å². The Balaban J connectivity index is 1.98. The van der Waals surface area contributed by atoms with E-state index in [4.69, 9.17) is 5.26 Å². The average molecular weight is 210 g/mol. The fraction of sp³-hybridized carbons (Fsp3) is 0.0833. The van der Waals surface area contributed by atoms with Gasteiger partial charge in [0.2, 0.25) is 5.95 Å². The molecule has 0 atom stereocenters. The van der Waals surface area contributed by atoms with E-state index in [0.29, 0.717) is 18.1 Å². The van der Waals surface area contributed by atoms with Gasteiger partial charge in [0.05, 0.1) is 11.6 Å². The molecule has 0 unspecified atom stereocenters. The Labute approximate surface area is 93.6 Å². The number of nitrogens with zero attached hydrogens (tertiary/aromatic N) is 3. The lowest BCUT2D eigenvalue weighted by molar-refractivity contribution is 1.05. The van der Waals surface area contributed by atoms with Crippen LogP contribution in [0.3, 0.4) is 0 Å². The maximum Gasteiger partial charge on any atom is 0.222 e. The van der Waals surface area contributed by atoms with Gasteiger partial charge >= 0.3 is 0 Å². The van der Waals surface area contributed by atoms with Crippen LogP contribution < -0.4 is 5.32 Å². The van der Waals surface area contributed by atoms with Gasteiger partial charge in [-0.05, 0) is 23.8 Å². The van der Waals surface area contributed by atoms with E-state index in [9.17, 15) is 0 Å². The van der Waals surface area contributed by atoms with Crippen LogP contribution in [0.2, 0.25) is 0 Å². The molecule has 1 aromatic carbocycles. The number of hydrogen-bond donors (Lipinski definition) is 1. The highest BCUT2D eigenvalue weighted by Gasteiger charge is 1.95. The summed E-state index contributed by atoms with van der Waals surface area (Å²) in [5.41, 5.74) is 1.76. The first-order valence-electron chi connectivity index (χ1n) is 4.88. The SMILES string of the molecule is N#Cc1ccc(CNc2ncccn2)cc1. The Bertz CT molecular complexity index is 485. The van der Waals surface area contributed by atoms with E-state index in [2.05, 4.69) is 21.4 Å². The van der Waals surface area contributed by atoms with Crippen molar-refractivity contribution in [3.8, 4) is 6.07 Å². The summed E-state index contributed by atoms with van der Waals surface area (Å²) in [6.45, 7) is 0.649. The third-order valence-electron chi connectivity index (χ3n) is 2.10. The zero-order valence-corrected chi connectivity index (χ0v) is 8.59. The molecule has 2 rings (SSSR count). The van der Waals surface area contributed by atoms with Crippen LogP contribution in [0.5, 0.6) is 0 Å². The van der Waals surface area contributed by atoms with Crippen molar-refractivity contribution in [3.63, 3.8) is 0 Å². The first-order chi connectivity index (χ1) is 7.88. The van der Waals surface area contributed by atoms with E-state index in [0.717, 1.165) is 5.56 Å². The highest BCUT2D eigenvalue weighted by molar-refractivity contribution is 5.33. The Kier molecular flexibility index (Phi) is 3.10. The molecule has 0 bridgehead atoms. The molecule has 16 heavy (non-hydrogen) atoms. The molecule has 0 saturated heterocycles. The van der Waals surface area contributed by atoms with Gasteiger partial charge in [0, 0.05) is 18.9 Å². The van der Waals surface area contributed by atoms with Gasteiger partial charge in [0.25, 0.3) is 0 Å². The van der Waals surface area contributed by atoms with Crippen LogP contribution >= 0.6 is 0 Å². The topological polar surface area (TPSA) is 61.6 Å². The normalized spacial score (nSPS) is 9.44. The maximum atomic E-state index is 8.65. The van der Waals surface area contributed by atoms with E-state index in [1.807, 2.05) is 12.1 Å². The van der Waals surface area contributed by atoms with Gasteiger partial charge in [-0.3, -0.25) is 0 Å². The van der Waals surface area contributed by atoms with Crippen molar-refractivity contribution in [2.24, 2.45) is 0 Å². The fourth-order valence-electron chi connectivity index (χ4n) is 1.27. The number of nitrogens with one attached hydrogen (secondary N) is 1. The molecule has 0 radical (unpaired) electrons. The van der Waals surface area contributed by atoms with Crippen molar-refractivity contribution < 1.29 is 0 Å². The third kappa shape index (κ3) is 2.55. The summed E-state index contributed by atoms with van der Waals surface area (Å²) in [7, 11) is 0. The Morgan fingerprint density at radius 2 is 1.81 bits per heavy atom. The summed E-state index contributed by atoms with van der Waals surface area (Å²) in [6.07, 6.45) is 3.38. The van der Waals surface area contributed by atoms with E-state index >= 15 is 0 Å². The van der Waals surface area contributed by atoms with E-state index in [1.165, 1.54) is 0 Å². The second-order valence-electron chi connectivity index (χ2n) is 3.23. The van der Waals surface area contributed by atoms with Crippen LogP contribution in [-0.2, 0) is 6.54 Å². The first kappa shape index (κ1) is 10.1. The molecule has 1 N–H and O–H groups in total. The first-order valence-corrected chi connectivity index (χ1v) is 4.88. The second kappa shape index (κ2) is 4.89. The minimum absolute atomic E-state index is 0.604. The lowest BCUT2D eigenvalue weighted by Crippen LogP contribution is -2.02. The van der Waals surface area contributed by atoms with Crippen LogP contribution in [0, 0.1) is 11.3 Å². The summed E-state index contributed by atoms with van der Waals surface area (Å²) in [5.74, 6) is 0.604. The molecule has 1 aromatic heterocycles. The van der Waals surface area contributed by atoms with Gasteiger partial charge < -0.3 is 5.32 Å². The molecule has 0 aliphatic carbocycles. The minimum atomic E-state index is 0.604. The highest BCUT2D eigenvalue weighted by atomic mass is 15.1. The molecule has 1 heterocycles. The van der Waals surface area contributed by atoms with Crippen molar-refractivity contribution in [2.45, 2.75) is 6.54 Å². The fourth-order valence-corrected chi connectivity index (χ4v) is 1.27. The van der Waals surface area contributed by atoms with E-state index < -0.39 is 0 Å². The molecule has 0 saturated carbocycles. The predicted octanol–water partition coefficient (Wildman–Crippen LogP) is 1.96. The third-order valence-corrected chi connectivity index (χ3v) is 2.10. The molecule has 0 aliphatic rings. The lowest BCUT2D eigenvalue weighted by atomic mass is 10.1. The monoisotopic (exact) mass is 210 g/mol. The molecular weight excluding hydrogens is 200 g/mol. The molecule has 4 nitrogen and oxygen atoms in total. The number of anilines is 1.